The van der Waals surface area contributed by atoms with Gasteiger partial charge in [-0.2, -0.15) is 0 Å². The van der Waals surface area contributed by atoms with Crippen LogP contribution in [0.15, 0.2) is 49.8 Å². The maximum absolute atomic E-state index is 11.2. The van der Waals surface area contributed by atoms with Gasteiger partial charge in [-0.15, -0.1) is 6.58 Å². The fraction of sp³-hybridized carbons (Fsp3) is 0.167. The highest BCUT2D eigenvalue weighted by molar-refractivity contribution is 5.87. The zero-order valence-electron chi connectivity index (χ0n) is 8.52. The fourth-order valence-corrected chi connectivity index (χ4v) is 1.26. The lowest BCUT2D eigenvalue weighted by molar-refractivity contribution is -0.117. The Balaban J connectivity index is 2.78. The first-order chi connectivity index (χ1) is 7.27. The topological polar surface area (TPSA) is 42.0 Å². The monoisotopic (exact) mass is 202 g/mol. The minimum Gasteiger partial charge on any atom is -0.345 e. The SMILES string of the molecule is C=CC[C@H](NC(=O)C=C)c1cccnc1. The summed E-state index contributed by atoms with van der Waals surface area (Å²) in [5, 5.41) is 2.82. The highest BCUT2D eigenvalue weighted by atomic mass is 16.1. The molecule has 0 aliphatic rings. The number of nitrogens with zero attached hydrogens (tertiary/aromatic N) is 1. The minimum atomic E-state index is -0.189. The number of amides is 1. The van der Waals surface area contributed by atoms with Crippen molar-refractivity contribution in [1.82, 2.24) is 10.3 Å². The summed E-state index contributed by atoms with van der Waals surface area (Å²) in [5.41, 5.74) is 0.965. The van der Waals surface area contributed by atoms with Gasteiger partial charge in [0.1, 0.15) is 0 Å². The molecule has 1 atom stereocenters. The van der Waals surface area contributed by atoms with E-state index in [-0.39, 0.29) is 11.9 Å². The summed E-state index contributed by atoms with van der Waals surface area (Å²) < 4.78 is 0. The molecule has 0 fully saturated rings. The van der Waals surface area contributed by atoms with E-state index < -0.39 is 0 Å². The average molecular weight is 202 g/mol. The van der Waals surface area contributed by atoms with Crippen LogP contribution in [0.2, 0.25) is 0 Å². The van der Waals surface area contributed by atoms with Crippen LogP contribution >= 0.6 is 0 Å². The van der Waals surface area contributed by atoms with Gasteiger partial charge < -0.3 is 5.32 Å². The molecule has 3 nitrogen and oxygen atoms in total. The summed E-state index contributed by atoms with van der Waals surface area (Å²) in [4.78, 5) is 15.2. The predicted octanol–water partition coefficient (Wildman–Crippen LogP) is 2.00. The lowest BCUT2D eigenvalue weighted by Crippen LogP contribution is -2.26. The molecule has 1 aromatic heterocycles. The number of hydrogen-bond acceptors (Lipinski definition) is 2. The molecule has 0 aromatic carbocycles. The van der Waals surface area contributed by atoms with Gasteiger partial charge in [0.2, 0.25) is 5.91 Å². The summed E-state index contributed by atoms with van der Waals surface area (Å²) in [6, 6.07) is 3.68. The number of carbonyl (C=O) groups excluding carboxylic acids is 1. The molecule has 0 saturated heterocycles. The Labute approximate surface area is 89.5 Å². The van der Waals surface area contributed by atoms with E-state index in [0.717, 1.165) is 5.56 Å². The Bertz CT molecular complexity index is 346. The van der Waals surface area contributed by atoms with Gasteiger partial charge in [0, 0.05) is 12.4 Å². The molecule has 1 aromatic rings. The fourth-order valence-electron chi connectivity index (χ4n) is 1.26. The normalized spacial score (nSPS) is 11.5. The van der Waals surface area contributed by atoms with Crippen LogP contribution in [0.5, 0.6) is 0 Å². The number of pyridine rings is 1. The smallest absolute Gasteiger partial charge is 0.243 e. The maximum Gasteiger partial charge on any atom is 0.243 e. The van der Waals surface area contributed by atoms with Gasteiger partial charge in [-0.05, 0) is 24.1 Å². The standard InChI is InChI=1S/C12H14N2O/c1-3-6-11(14-12(15)4-2)10-7-5-8-13-9-10/h3-5,7-9,11H,1-2,6H2,(H,14,15)/t11-/m0/s1. The molecule has 15 heavy (non-hydrogen) atoms. The van der Waals surface area contributed by atoms with Crippen LogP contribution in [0, 0.1) is 0 Å². The maximum atomic E-state index is 11.2. The minimum absolute atomic E-state index is 0.0818. The van der Waals surface area contributed by atoms with E-state index in [1.807, 2.05) is 12.1 Å². The molecule has 1 N–H and O–H groups in total. The van der Waals surface area contributed by atoms with Crippen molar-refractivity contribution in [2.75, 3.05) is 0 Å². The summed E-state index contributed by atoms with van der Waals surface area (Å²) in [6.45, 7) is 7.08. The van der Waals surface area contributed by atoms with E-state index >= 15 is 0 Å². The lowest BCUT2D eigenvalue weighted by atomic mass is 10.1. The molecule has 0 saturated carbocycles. The Morgan fingerprint density at radius 1 is 1.60 bits per heavy atom. The number of aromatic nitrogens is 1. The molecule has 1 rings (SSSR count). The molecule has 0 bridgehead atoms. The van der Waals surface area contributed by atoms with E-state index in [1.54, 1.807) is 18.5 Å². The first kappa shape index (κ1) is 11.2. The van der Waals surface area contributed by atoms with Crippen LogP contribution in [0.25, 0.3) is 0 Å². The zero-order chi connectivity index (χ0) is 11.1. The van der Waals surface area contributed by atoms with Crippen LogP contribution in [-0.2, 0) is 4.79 Å². The third-order valence-corrected chi connectivity index (χ3v) is 1.99. The van der Waals surface area contributed by atoms with Gasteiger partial charge in [-0.3, -0.25) is 9.78 Å². The molecule has 0 spiro atoms. The van der Waals surface area contributed by atoms with Crippen LogP contribution in [0.1, 0.15) is 18.0 Å². The van der Waals surface area contributed by atoms with Crippen LogP contribution in [-0.4, -0.2) is 10.9 Å². The number of hydrogen-bond donors (Lipinski definition) is 1. The van der Waals surface area contributed by atoms with E-state index in [4.69, 9.17) is 0 Å². The molecule has 0 aliphatic heterocycles. The molecular weight excluding hydrogens is 188 g/mol. The number of rotatable bonds is 5. The molecule has 0 unspecified atom stereocenters. The molecule has 1 heterocycles. The summed E-state index contributed by atoms with van der Waals surface area (Å²) in [5.74, 6) is -0.189. The largest absolute Gasteiger partial charge is 0.345 e. The van der Waals surface area contributed by atoms with E-state index in [9.17, 15) is 4.79 Å². The Kier molecular flexibility index (Phi) is 4.29. The second-order valence-electron chi connectivity index (χ2n) is 3.08. The Hall–Kier alpha value is -1.90. The average Bonchev–Trinajstić information content (AvgIpc) is 2.29. The second-order valence-corrected chi connectivity index (χ2v) is 3.08. The first-order valence-corrected chi connectivity index (χ1v) is 4.71. The predicted molar refractivity (Wildman–Crippen MR) is 60.1 cm³/mol. The number of carbonyl (C=O) groups is 1. The van der Waals surface area contributed by atoms with Crippen LogP contribution < -0.4 is 5.32 Å². The summed E-state index contributed by atoms with van der Waals surface area (Å²) in [7, 11) is 0. The van der Waals surface area contributed by atoms with Gasteiger partial charge in [0.15, 0.2) is 0 Å². The van der Waals surface area contributed by atoms with E-state index in [2.05, 4.69) is 23.5 Å². The van der Waals surface area contributed by atoms with E-state index in [1.165, 1.54) is 6.08 Å². The van der Waals surface area contributed by atoms with Crippen molar-refractivity contribution in [3.05, 3.63) is 55.4 Å². The highest BCUT2D eigenvalue weighted by Crippen LogP contribution is 2.15. The van der Waals surface area contributed by atoms with Gasteiger partial charge in [0.05, 0.1) is 6.04 Å². The molecule has 3 heteroatoms. The third-order valence-electron chi connectivity index (χ3n) is 1.99. The Morgan fingerprint density at radius 2 is 2.40 bits per heavy atom. The highest BCUT2D eigenvalue weighted by Gasteiger charge is 2.10. The lowest BCUT2D eigenvalue weighted by Gasteiger charge is -2.15. The molecule has 78 valence electrons. The molecule has 0 radical (unpaired) electrons. The van der Waals surface area contributed by atoms with E-state index in [0.29, 0.717) is 6.42 Å². The molecular formula is C12H14N2O. The second kappa shape index (κ2) is 5.75. The number of nitrogens with one attached hydrogen (secondary N) is 1. The third kappa shape index (κ3) is 3.38. The van der Waals surface area contributed by atoms with Crippen molar-refractivity contribution in [3.8, 4) is 0 Å². The molecule has 1 amide bonds. The van der Waals surface area contributed by atoms with Gasteiger partial charge in [0.25, 0.3) is 0 Å². The van der Waals surface area contributed by atoms with Crippen molar-refractivity contribution in [3.63, 3.8) is 0 Å². The quantitative estimate of drug-likeness (QED) is 0.586. The van der Waals surface area contributed by atoms with Crippen molar-refractivity contribution in [1.29, 1.82) is 0 Å². The van der Waals surface area contributed by atoms with Crippen molar-refractivity contribution >= 4 is 5.91 Å². The van der Waals surface area contributed by atoms with Crippen molar-refractivity contribution in [2.45, 2.75) is 12.5 Å². The van der Waals surface area contributed by atoms with Crippen LogP contribution in [0.4, 0.5) is 0 Å². The van der Waals surface area contributed by atoms with Gasteiger partial charge in [-0.1, -0.05) is 18.7 Å². The van der Waals surface area contributed by atoms with Crippen molar-refractivity contribution in [2.24, 2.45) is 0 Å². The van der Waals surface area contributed by atoms with Gasteiger partial charge in [-0.25, -0.2) is 0 Å². The zero-order valence-corrected chi connectivity index (χ0v) is 8.52. The van der Waals surface area contributed by atoms with Gasteiger partial charge >= 0.3 is 0 Å². The first-order valence-electron chi connectivity index (χ1n) is 4.71. The van der Waals surface area contributed by atoms with Crippen molar-refractivity contribution < 1.29 is 4.79 Å². The Morgan fingerprint density at radius 3 is 2.93 bits per heavy atom. The summed E-state index contributed by atoms with van der Waals surface area (Å²) >= 11 is 0. The summed E-state index contributed by atoms with van der Waals surface area (Å²) in [6.07, 6.45) is 7.13. The molecule has 0 aliphatic carbocycles. The van der Waals surface area contributed by atoms with Crippen LogP contribution in [0.3, 0.4) is 0 Å².